The van der Waals surface area contributed by atoms with Gasteiger partial charge in [0.15, 0.2) is 0 Å². The Labute approximate surface area is 101 Å². The second-order valence-corrected chi connectivity index (χ2v) is 5.13. The summed E-state index contributed by atoms with van der Waals surface area (Å²) < 4.78 is 5.09. The van der Waals surface area contributed by atoms with Crippen LogP contribution in [0.2, 0.25) is 0 Å². The Morgan fingerprint density at radius 2 is 2.00 bits per heavy atom. The smallest absolute Gasteiger partial charge is 0.343 e. The highest BCUT2D eigenvalue weighted by Gasteiger charge is 2.26. The summed E-state index contributed by atoms with van der Waals surface area (Å²) in [6.07, 6.45) is 6.04. The van der Waals surface area contributed by atoms with Crippen molar-refractivity contribution in [2.24, 2.45) is 5.92 Å². The molecule has 1 aliphatic rings. The van der Waals surface area contributed by atoms with E-state index in [9.17, 15) is 9.90 Å². The molecule has 17 heavy (non-hydrogen) atoms. The van der Waals surface area contributed by atoms with E-state index in [1.165, 1.54) is 25.3 Å². The first-order valence-corrected chi connectivity index (χ1v) is 6.43. The molecule has 1 heterocycles. The van der Waals surface area contributed by atoms with E-state index in [4.69, 9.17) is 4.42 Å². The van der Waals surface area contributed by atoms with E-state index < -0.39 is 0 Å². The minimum atomic E-state index is -0.374. The first-order valence-electron chi connectivity index (χ1n) is 6.43. The maximum Gasteiger partial charge on any atom is 0.343 e. The van der Waals surface area contributed by atoms with Crippen LogP contribution in [-0.2, 0) is 0 Å². The minimum Gasteiger partial charge on any atom is -0.507 e. The van der Waals surface area contributed by atoms with E-state index in [1.807, 2.05) is 6.92 Å². The summed E-state index contributed by atoms with van der Waals surface area (Å²) in [6, 6.07) is 1.54. The lowest BCUT2D eigenvalue weighted by Crippen LogP contribution is -2.20. The summed E-state index contributed by atoms with van der Waals surface area (Å²) in [4.78, 5) is 11.8. The molecule has 3 heteroatoms. The van der Waals surface area contributed by atoms with Crippen molar-refractivity contribution in [2.45, 2.75) is 51.9 Å². The first kappa shape index (κ1) is 12.2. The van der Waals surface area contributed by atoms with Crippen molar-refractivity contribution < 1.29 is 9.52 Å². The van der Waals surface area contributed by atoms with Gasteiger partial charge in [-0.3, -0.25) is 0 Å². The van der Waals surface area contributed by atoms with Gasteiger partial charge in [0.1, 0.15) is 11.5 Å². The Balaban J connectivity index is 2.29. The topological polar surface area (TPSA) is 50.4 Å². The van der Waals surface area contributed by atoms with Crippen molar-refractivity contribution in [3.05, 3.63) is 27.8 Å². The van der Waals surface area contributed by atoms with Crippen molar-refractivity contribution in [1.82, 2.24) is 0 Å². The second kappa shape index (κ2) is 4.94. The van der Waals surface area contributed by atoms with Crippen molar-refractivity contribution in [3.63, 3.8) is 0 Å². The summed E-state index contributed by atoms with van der Waals surface area (Å²) in [7, 11) is 0. The quantitative estimate of drug-likeness (QED) is 0.856. The Hall–Kier alpha value is -1.25. The Morgan fingerprint density at radius 3 is 2.59 bits per heavy atom. The van der Waals surface area contributed by atoms with Crippen LogP contribution in [0.15, 0.2) is 15.3 Å². The first-order chi connectivity index (χ1) is 8.09. The molecule has 0 bridgehead atoms. The van der Waals surface area contributed by atoms with E-state index in [2.05, 4.69) is 0 Å². The van der Waals surface area contributed by atoms with Gasteiger partial charge in [-0.05, 0) is 31.6 Å². The molecule has 1 aromatic heterocycles. The number of hydrogen-bond acceptors (Lipinski definition) is 3. The molecule has 1 aromatic rings. The maximum atomic E-state index is 11.8. The van der Waals surface area contributed by atoms with Crippen LogP contribution in [0.25, 0.3) is 0 Å². The van der Waals surface area contributed by atoms with Gasteiger partial charge in [-0.2, -0.15) is 0 Å². The maximum absolute atomic E-state index is 11.8. The molecule has 0 spiro atoms. The number of aryl methyl sites for hydroxylation is 1. The van der Waals surface area contributed by atoms with Crippen LogP contribution in [0.5, 0.6) is 5.75 Å². The second-order valence-electron chi connectivity index (χ2n) is 5.13. The summed E-state index contributed by atoms with van der Waals surface area (Å²) in [5, 5.41) is 9.91. The minimum absolute atomic E-state index is 0.0900. The highest BCUT2D eigenvalue weighted by Crippen LogP contribution is 2.37. The summed E-state index contributed by atoms with van der Waals surface area (Å²) in [5.74, 6) is 1.15. The van der Waals surface area contributed by atoms with Crippen LogP contribution in [0.1, 0.15) is 56.3 Å². The van der Waals surface area contributed by atoms with Crippen LogP contribution in [0.3, 0.4) is 0 Å². The van der Waals surface area contributed by atoms with Crippen molar-refractivity contribution in [1.29, 1.82) is 0 Å². The fourth-order valence-corrected chi connectivity index (χ4v) is 2.89. The Kier molecular flexibility index (Phi) is 3.55. The van der Waals surface area contributed by atoms with Crippen molar-refractivity contribution >= 4 is 0 Å². The van der Waals surface area contributed by atoms with Crippen LogP contribution in [0.4, 0.5) is 0 Å². The predicted octanol–water partition coefficient (Wildman–Crippen LogP) is 3.34. The predicted molar refractivity (Wildman–Crippen MR) is 66.4 cm³/mol. The van der Waals surface area contributed by atoms with Crippen LogP contribution in [0, 0.1) is 12.8 Å². The van der Waals surface area contributed by atoms with Gasteiger partial charge >= 0.3 is 5.63 Å². The van der Waals surface area contributed by atoms with Gasteiger partial charge in [-0.1, -0.05) is 26.2 Å². The standard InChI is InChI=1S/C14H20O3/c1-9-8-12(15)13(14(16)17-9)10(2)11-6-4-3-5-7-11/h8,10-11,15H,3-7H2,1-2H3. The van der Waals surface area contributed by atoms with Gasteiger partial charge in [-0.15, -0.1) is 0 Å². The molecule has 2 rings (SSSR count). The number of aromatic hydroxyl groups is 1. The van der Waals surface area contributed by atoms with Gasteiger partial charge in [-0.25, -0.2) is 4.79 Å². The third kappa shape index (κ3) is 2.54. The SMILES string of the molecule is Cc1cc(O)c(C(C)C2CCCCC2)c(=O)o1. The van der Waals surface area contributed by atoms with Crippen LogP contribution < -0.4 is 5.63 Å². The zero-order chi connectivity index (χ0) is 12.4. The Morgan fingerprint density at radius 1 is 1.35 bits per heavy atom. The largest absolute Gasteiger partial charge is 0.507 e. The zero-order valence-corrected chi connectivity index (χ0v) is 10.5. The number of rotatable bonds is 2. The molecule has 0 aromatic carbocycles. The van der Waals surface area contributed by atoms with Crippen molar-refractivity contribution in [3.8, 4) is 5.75 Å². The fourth-order valence-electron chi connectivity index (χ4n) is 2.89. The molecule has 0 amide bonds. The van der Waals surface area contributed by atoms with Gasteiger partial charge in [0.05, 0.1) is 5.56 Å². The summed E-state index contributed by atoms with van der Waals surface area (Å²) in [6.45, 7) is 3.70. The lowest BCUT2D eigenvalue weighted by atomic mass is 9.78. The molecule has 1 atom stereocenters. The highest BCUT2D eigenvalue weighted by atomic mass is 16.4. The number of hydrogen-bond donors (Lipinski definition) is 1. The van der Waals surface area contributed by atoms with Crippen LogP contribution in [-0.4, -0.2) is 5.11 Å². The molecule has 3 nitrogen and oxygen atoms in total. The fraction of sp³-hybridized carbons (Fsp3) is 0.643. The van der Waals surface area contributed by atoms with Crippen LogP contribution >= 0.6 is 0 Å². The molecule has 0 aliphatic heterocycles. The zero-order valence-electron chi connectivity index (χ0n) is 10.5. The highest BCUT2D eigenvalue weighted by molar-refractivity contribution is 5.32. The normalized spacial score (nSPS) is 19.2. The molecule has 1 N–H and O–H groups in total. The summed E-state index contributed by atoms with van der Waals surface area (Å²) in [5.41, 5.74) is 0.0862. The third-order valence-electron chi connectivity index (χ3n) is 3.90. The van der Waals surface area contributed by atoms with Gasteiger partial charge < -0.3 is 9.52 Å². The van der Waals surface area contributed by atoms with Crippen molar-refractivity contribution in [2.75, 3.05) is 0 Å². The Bertz CT molecular complexity index is 441. The van der Waals surface area contributed by atoms with E-state index in [1.54, 1.807) is 6.92 Å². The van der Waals surface area contributed by atoms with E-state index in [-0.39, 0.29) is 17.3 Å². The molecule has 1 saturated carbocycles. The van der Waals surface area contributed by atoms with E-state index in [0.29, 0.717) is 17.2 Å². The van der Waals surface area contributed by atoms with Gasteiger partial charge in [0.2, 0.25) is 0 Å². The van der Waals surface area contributed by atoms with Gasteiger partial charge in [0.25, 0.3) is 0 Å². The molecule has 1 unspecified atom stereocenters. The molecular formula is C14H20O3. The monoisotopic (exact) mass is 236 g/mol. The third-order valence-corrected chi connectivity index (χ3v) is 3.90. The van der Waals surface area contributed by atoms with E-state index in [0.717, 1.165) is 12.8 Å². The van der Waals surface area contributed by atoms with Gasteiger partial charge in [0, 0.05) is 6.07 Å². The molecular weight excluding hydrogens is 216 g/mol. The average Bonchev–Trinajstić information content (AvgIpc) is 2.28. The molecule has 0 radical (unpaired) electrons. The molecule has 1 aliphatic carbocycles. The summed E-state index contributed by atoms with van der Waals surface area (Å²) >= 11 is 0. The molecule has 1 fully saturated rings. The van der Waals surface area contributed by atoms with E-state index >= 15 is 0 Å². The lowest BCUT2D eigenvalue weighted by molar-refractivity contribution is 0.302. The lowest BCUT2D eigenvalue weighted by Gasteiger charge is -2.27. The molecule has 94 valence electrons. The molecule has 0 saturated heterocycles. The average molecular weight is 236 g/mol.